The van der Waals surface area contributed by atoms with E-state index in [4.69, 9.17) is 4.74 Å². The molecule has 208 valence electrons. The van der Waals surface area contributed by atoms with E-state index in [2.05, 4.69) is 34.1 Å². The zero-order valence-electron chi connectivity index (χ0n) is 23.7. The molecule has 0 aliphatic heterocycles. The Kier molecular flexibility index (Phi) is 19.4. The molecular formula is C28H51N3O5. The Bertz CT molecular complexity index is 683. The standard InChI is InChI=1S/C28H51N3O5/c1-7-8-9-10-11-12-13-14-15-16-17-18-19-20-21-22-24(32)29-26(31(5)23-25(33)35-6)30-27(34)36-28(2,3)4/h14-15H,7-13,16-23H2,1-6H3,(H,29,30,32,34)/b15-14-. The number of carbonyl (C=O) groups is 3. The summed E-state index contributed by atoms with van der Waals surface area (Å²) >= 11 is 0. The lowest BCUT2D eigenvalue weighted by Gasteiger charge is -2.22. The molecule has 0 bridgehead atoms. The third kappa shape index (κ3) is 20.9. The molecule has 36 heavy (non-hydrogen) atoms. The van der Waals surface area contributed by atoms with Crippen molar-refractivity contribution in [2.45, 2.75) is 123 Å². The van der Waals surface area contributed by atoms with Gasteiger partial charge in [0.2, 0.25) is 11.9 Å². The number of methoxy groups -OCH3 is 1. The van der Waals surface area contributed by atoms with Crippen molar-refractivity contribution in [3.05, 3.63) is 12.2 Å². The molecule has 0 aromatic carbocycles. The van der Waals surface area contributed by atoms with Gasteiger partial charge in [-0.1, -0.05) is 70.4 Å². The minimum absolute atomic E-state index is 0.0348. The third-order valence-electron chi connectivity index (χ3n) is 5.46. The molecule has 2 amide bonds. The molecule has 0 radical (unpaired) electrons. The summed E-state index contributed by atoms with van der Waals surface area (Å²) < 4.78 is 9.85. The predicted octanol–water partition coefficient (Wildman–Crippen LogP) is 6.54. The van der Waals surface area contributed by atoms with E-state index >= 15 is 0 Å². The van der Waals surface area contributed by atoms with E-state index in [1.165, 1.54) is 63.4 Å². The molecule has 0 aromatic rings. The molecule has 0 aromatic heterocycles. The van der Waals surface area contributed by atoms with Crippen LogP contribution in [-0.2, 0) is 19.1 Å². The van der Waals surface area contributed by atoms with Crippen molar-refractivity contribution in [1.29, 1.82) is 0 Å². The number of guanidine groups is 1. The predicted molar refractivity (Wildman–Crippen MR) is 146 cm³/mol. The summed E-state index contributed by atoms with van der Waals surface area (Å²) in [7, 11) is 2.81. The summed E-state index contributed by atoms with van der Waals surface area (Å²) in [5, 5.41) is 2.63. The molecule has 0 saturated heterocycles. The zero-order valence-corrected chi connectivity index (χ0v) is 23.7. The molecule has 0 aliphatic carbocycles. The van der Waals surface area contributed by atoms with Crippen LogP contribution < -0.4 is 5.32 Å². The first-order chi connectivity index (χ1) is 17.1. The number of unbranched alkanes of at least 4 members (excludes halogenated alkanes) is 11. The topological polar surface area (TPSA) is 97.3 Å². The van der Waals surface area contributed by atoms with E-state index in [1.54, 1.807) is 27.8 Å². The van der Waals surface area contributed by atoms with Crippen LogP contribution in [0.25, 0.3) is 0 Å². The van der Waals surface area contributed by atoms with Gasteiger partial charge in [0, 0.05) is 13.5 Å². The van der Waals surface area contributed by atoms with Gasteiger partial charge in [0.05, 0.1) is 7.11 Å². The lowest BCUT2D eigenvalue weighted by molar-refractivity contribution is -0.140. The Morgan fingerprint density at radius 3 is 1.92 bits per heavy atom. The van der Waals surface area contributed by atoms with Gasteiger partial charge in [-0.25, -0.2) is 4.79 Å². The third-order valence-corrected chi connectivity index (χ3v) is 5.46. The van der Waals surface area contributed by atoms with Crippen molar-refractivity contribution in [1.82, 2.24) is 10.2 Å². The van der Waals surface area contributed by atoms with E-state index in [-0.39, 0.29) is 18.4 Å². The Labute approximate surface area is 219 Å². The molecule has 0 saturated carbocycles. The van der Waals surface area contributed by atoms with Crippen molar-refractivity contribution in [2.75, 3.05) is 20.7 Å². The number of aliphatic imine (C=N–C) groups is 1. The summed E-state index contributed by atoms with van der Waals surface area (Å²) in [5.74, 6) is -0.806. The van der Waals surface area contributed by atoms with Crippen molar-refractivity contribution in [2.24, 2.45) is 4.99 Å². The van der Waals surface area contributed by atoms with Gasteiger partial charge in [-0.15, -0.1) is 4.99 Å². The molecule has 0 fully saturated rings. The fourth-order valence-electron chi connectivity index (χ4n) is 3.46. The first-order valence-corrected chi connectivity index (χ1v) is 13.6. The fraction of sp³-hybridized carbons (Fsp3) is 0.786. The quantitative estimate of drug-likeness (QED) is 0.0786. The maximum atomic E-state index is 12.4. The van der Waals surface area contributed by atoms with Crippen molar-refractivity contribution in [3.63, 3.8) is 0 Å². The molecule has 8 heteroatoms. The highest BCUT2D eigenvalue weighted by Gasteiger charge is 2.20. The van der Waals surface area contributed by atoms with Gasteiger partial charge in [-0.3, -0.25) is 14.9 Å². The SMILES string of the molecule is CCCCCCCC/C=C\CCCCCCCC(=O)N/C(=N\C(=O)OC(C)(C)C)N(C)CC(=O)OC. The first-order valence-electron chi connectivity index (χ1n) is 13.6. The highest BCUT2D eigenvalue weighted by atomic mass is 16.6. The van der Waals surface area contributed by atoms with Crippen LogP contribution in [0.1, 0.15) is 118 Å². The van der Waals surface area contributed by atoms with Crippen LogP contribution >= 0.6 is 0 Å². The Balaban J connectivity index is 4.21. The number of likely N-dealkylation sites (N-methyl/N-ethyl adjacent to an activating group) is 1. The van der Waals surface area contributed by atoms with Gasteiger partial charge in [-0.05, 0) is 52.9 Å². The largest absolute Gasteiger partial charge is 0.468 e. The summed E-state index contributed by atoms with van der Waals surface area (Å²) in [6.45, 7) is 7.26. The lowest BCUT2D eigenvalue weighted by Crippen LogP contribution is -2.45. The van der Waals surface area contributed by atoms with Gasteiger partial charge < -0.3 is 14.4 Å². The van der Waals surface area contributed by atoms with Crippen molar-refractivity contribution >= 4 is 23.9 Å². The van der Waals surface area contributed by atoms with E-state index in [0.717, 1.165) is 32.1 Å². The number of allylic oxidation sites excluding steroid dienone is 2. The molecular weight excluding hydrogens is 458 g/mol. The molecule has 8 nitrogen and oxygen atoms in total. The van der Waals surface area contributed by atoms with Crippen molar-refractivity contribution in [3.8, 4) is 0 Å². The number of ether oxygens (including phenoxy) is 2. The second-order valence-electron chi connectivity index (χ2n) is 10.2. The number of amides is 2. The minimum Gasteiger partial charge on any atom is -0.468 e. The molecule has 0 spiro atoms. The second-order valence-corrected chi connectivity index (χ2v) is 10.2. The summed E-state index contributed by atoms with van der Waals surface area (Å²) in [4.78, 5) is 41.3. The molecule has 1 N–H and O–H groups in total. The van der Waals surface area contributed by atoms with E-state index in [1.807, 2.05) is 0 Å². The van der Waals surface area contributed by atoms with Gasteiger partial charge >= 0.3 is 12.1 Å². The van der Waals surface area contributed by atoms with Crippen LogP contribution in [0.2, 0.25) is 0 Å². The summed E-state index contributed by atoms with van der Waals surface area (Å²) in [6, 6.07) is 0. The molecule has 0 rings (SSSR count). The average Bonchev–Trinajstić information content (AvgIpc) is 2.79. The molecule has 0 heterocycles. The second kappa shape index (κ2) is 20.8. The Morgan fingerprint density at radius 2 is 1.39 bits per heavy atom. The summed E-state index contributed by atoms with van der Waals surface area (Å²) in [6.07, 6.45) is 19.6. The van der Waals surface area contributed by atoms with Crippen LogP contribution in [0, 0.1) is 0 Å². The zero-order chi connectivity index (χ0) is 27.2. The van der Waals surface area contributed by atoms with Gasteiger partial charge in [0.1, 0.15) is 12.1 Å². The average molecular weight is 510 g/mol. The van der Waals surface area contributed by atoms with Crippen LogP contribution in [0.3, 0.4) is 0 Å². The van der Waals surface area contributed by atoms with Crippen LogP contribution in [0.4, 0.5) is 4.79 Å². The first kappa shape index (κ1) is 33.6. The van der Waals surface area contributed by atoms with E-state index in [0.29, 0.717) is 6.42 Å². The number of rotatable bonds is 17. The highest BCUT2D eigenvalue weighted by molar-refractivity contribution is 6.01. The number of carbonyl (C=O) groups excluding carboxylic acids is 3. The van der Waals surface area contributed by atoms with Crippen LogP contribution in [-0.4, -0.2) is 55.1 Å². The van der Waals surface area contributed by atoms with Crippen LogP contribution in [0.15, 0.2) is 17.1 Å². The number of hydrogen-bond acceptors (Lipinski definition) is 5. The number of esters is 1. The maximum Gasteiger partial charge on any atom is 0.437 e. The number of nitrogens with zero attached hydrogens (tertiary/aromatic N) is 2. The monoisotopic (exact) mass is 509 g/mol. The number of hydrogen-bond donors (Lipinski definition) is 1. The normalized spacial score (nSPS) is 12.0. The summed E-state index contributed by atoms with van der Waals surface area (Å²) in [5.41, 5.74) is -0.722. The Hall–Kier alpha value is -2.38. The van der Waals surface area contributed by atoms with Crippen molar-refractivity contribution < 1.29 is 23.9 Å². The minimum atomic E-state index is -0.837. The highest BCUT2D eigenvalue weighted by Crippen LogP contribution is 2.11. The van der Waals surface area contributed by atoms with E-state index < -0.39 is 17.7 Å². The van der Waals surface area contributed by atoms with Gasteiger partial charge in [0.15, 0.2) is 0 Å². The maximum absolute atomic E-state index is 12.4. The number of nitrogens with one attached hydrogen (secondary N) is 1. The lowest BCUT2D eigenvalue weighted by atomic mass is 10.1. The fourth-order valence-corrected chi connectivity index (χ4v) is 3.46. The Morgan fingerprint density at radius 1 is 0.861 bits per heavy atom. The van der Waals surface area contributed by atoms with Gasteiger partial charge in [-0.2, -0.15) is 0 Å². The molecule has 0 atom stereocenters. The molecule has 0 aliphatic rings. The van der Waals surface area contributed by atoms with Gasteiger partial charge in [0.25, 0.3) is 0 Å². The van der Waals surface area contributed by atoms with E-state index in [9.17, 15) is 14.4 Å². The van der Waals surface area contributed by atoms with Crippen LogP contribution in [0.5, 0.6) is 0 Å². The molecule has 0 unspecified atom stereocenters. The smallest absolute Gasteiger partial charge is 0.437 e.